The topological polar surface area (TPSA) is 47.6 Å². The number of hydrogen-bond acceptors (Lipinski definition) is 4. The van der Waals surface area contributed by atoms with Crippen LogP contribution in [0.1, 0.15) is 17.9 Å². The number of rotatable bonds is 3. The van der Waals surface area contributed by atoms with Gasteiger partial charge in [-0.2, -0.15) is 0 Å². The van der Waals surface area contributed by atoms with Gasteiger partial charge in [-0.3, -0.25) is 4.79 Å². The van der Waals surface area contributed by atoms with Crippen molar-refractivity contribution in [3.63, 3.8) is 0 Å². The number of fused-ring (bicyclic) bond motifs is 1. The van der Waals surface area contributed by atoms with Crippen molar-refractivity contribution in [1.82, 2.24) is 0 Å². The Hall–Kier alpha value is -1.71. The summed E-state index contributed by atoms with van der Waals surface area (Å²) in [5.74, 6) is 0.824. The summed E-state index contributed by atoms with van der Waals surface area (Å²) in [5.41, 5.74) is 2.13. The van der Waals surface area contributed by atoms with Crippen molar-refractivity contribution < 1.29 is 14.3 Å². The van der Waals surface area contributed by atoms with E-state index in [0.29, 0.717) is 6.42 Å². The molecule has 16 heavy (non-hydrogen) atoms. The van der Waals surface area contributed by atoms with E-state index in [4.69, 9.17) is 4.74 Å². The summed E-state index contributed by atoms with van der Waals surface area (Å²) in [4.78, 5) is 11.3. The first kappa shape index (κ1) is 10.8. The highest BCUT2D eigenvalue weighted by molar-refractivity contribution is 5.74. The molecule has 1 unspecified atom stereocenters. The molecule has 0 saturated carbocycles. The number of para-hydroxylation sites is 1. The lowest BCUT2D eigenvalue weighted by molar-refractivity contribution is -0.140. The molecule has 1 heterocycles. The third-order valence-corrected chi connectivity index (χ3v) is 2.88. The van der Waals surface area contributed by atoms with Gasteiger partial charge in [-0.15, -0.1) is 0 Å². The van der Waals surface area contributed by atoms with Crippen LogP contribution < -0.4 is 10.1 Å². The van der Waals surface area contributed by atoms with Crippen LogP contribution in [0.15, 0.2) is 18.2 Å². The Labute approximate surface area is 94.6 Å². The molecule has 86 valence electrons. The van der Waals surface area contributed by atoms with E-state index < -0.39 is 0 Å². The van der Waals surface area contributed by atoms with Gasteiger partial charge in [0.2, 0.25) is 0 Å². The Morgan fingerprint density at radius 2 is 2.31 bits per heavy atom. The number of methoxy groups -OCH3 is 2. The van der Waals surface area contributed by atoms with Crippen LogP contribution in [0, 0.1) is 0 Å². The lowest BCUT2D eigenvalue weighted by Gasteiger charge is -2.09. The highest BCUT2D eigenvalue weighted by atomic mass is 16.5. The van der Waals surface area contributed by atoms with Crippen LogP contribution >= 0.6 is 0 Å². The van der Waals surface area contributed by atoms with Crippen molar-refractivity contribution >= 4 is 11.7 Å². The molecule has 2 rings (SSSR count). The molecule has 1 aromatic carbocycles. The van der Waals surface area contributed by atoms with Crippen molar-refractivity contribution in [1.29, 1.82) is 0 Å². The SMILES string of the molecule is COC(=O)CC1CNc2c(OC)cccc21. The average Bonchev–Trinajstić information content (AvgIpc) is 2.72. The standard InChI is InChI=1S/C12H15NO3/c1-15-10-5-3-4-9-8(6-11(14)16-2)7-13-12(9)10/h3-5,8,13H,6-7H2,1-2H3. The Bertz CT molecular complexity index is 403. The summed E-state index contributed by atoms with van der Waals surface area (Å²) in [6.45, 7) is 0.755. The fourth-order valence-electron chi connectivity index (χ4n) is 2.05. The molecule has 1 aliphatic rings. The number of carbonyl (C=O) groups excluding carboxylic acids is 1. The van der Waals surface area contributed by atoms with Crippen molar-refractivity contribution in [2.24, 2.45) is 0 Å². The van der Waals surface area contributed by atoms with E-state index in [0.717, 1.165) is 23.5 Å². The van der Waals surface area contributed by atoms with Gasteiger partial charge in [0.15, 0.2) is 0 Å². The van der Waals surface area contributed by atoms with Gasteiger partial charge in [0.05, 0.1) is 26.3 Å². The monoisotopic (exact) mass is 221 g/mol. The van der Waals surface area contributed by atoms with E-state index in [-0.39, 0.29) is 11.9 Å². The smallest absolute Gasteiger partial charge is 0.306 e. The highest BCUT2D eigenvalue weighted by Gasteiger charge is 2.26. The van der Waals surface area contributed by atoms with E-state index in [1.54, 1.807) is 7.11 Å². The second-order valence-corrected chi connectivity index (χ2v) is 3.78. The van der Waals surface area contributed by atoms with Gasteiger partial charge in [-0.25, -0.2) is 0 Å². The molecular weight excluding hydrogens is 206 g/mol. The predicted molar refractivity (Wildman–Crippen MR) is 60.9 cm³/mol. The third-order valence-electron chi connectivity index (χ3n) is 2.88. The summed E-state index contributed by atoms with van der Waals surface area (Å²) >= 11 is 0. The average molecular weight is 221 g/mol. The quantitative estimate of drug-likeness (QED) is 0.790. The van der Waals surface area contributed by atoms with Gasteiger partial charge in [0, 0.05) is 12.5 Å². The second kappa shape index (κ2) is 4.43. The molecule has 4 nitrogen and oxygen atoms in total. The van der Waals surface area contributed by atoms with Gasteiger partial charge < -0.3 is 14.8 Å². The first-order valence-electron chi connectivity index (χ1n) is 5.24. The number of esters is 1. The lowest BCUT2D eigenvalue weighted by Crippen LogP contribution is -2.10. The zero-order valence-electron chi connectivity index (χ0n) is 9.45. The molecule has 0 spiro atoms. The van der Waals surface area contributed by atoms with Gasteiger partial charge in [-0.05, 0) is 11.6 Å². The molecule has 0 aliphatic carbocycles. The molecule has 0 radical (unpaired) electrons. The molecule has 1 N–H and O–H groups in total. The van der Waals surface area contributed by atoms with Crippen molar-refractivity contribution in [3.05, 3.63) is 23.8 Å². The van der Waals surface area contributed by atoms with Crippen LogP contribution in [0.4, 0.5) is 5.69 Å². The Morgan fingerprint density at radius 1 is 1.50 bits per heavy atom. The number of hydrogen-bond donors (Lipinski definition) is 1. The molecular formula is C12H15NO3. The maximum absolute atomic E-state index is 11.3. The summed E-state index contributed by atoms with van der Waals surface area (Å²) in [6, 6.07) is 5.87. The first-order chi connectivity index (χ1) is 7.76. The molecule has 0 bridgehead atoms. The van der Waals surface area contributed by atoms with Crippen molar-refractivity contribution in [3.8, 4) is 5.75 Å². The van der Waals surface area contributed by atoms with Crippen LogP contribution in [0.5, 0.6) is 5.75 Å². The minimum Gasteiger partial charge on any atom is -0.495 e. The van der Waals surface area contributed by atoms with Crippen LogP contribution in [0.2, 0.25) is 0 Å². The second-order valence-electron chi connectivity index (χ2n) is 3.78. The summed E-state index contributed by atoms with van der Waals surface area (Å²) < 4.78 is 9.94. The van der Waals surface area contributed by atoms with Crippen molar-refractivity contribution in [2.75, 3.05) is 26.1 Å². The minimum absolute atomic E-state index is 0.178. The molecule has 0 saturated heterocycles. The number of nitrogens with one attached hydrogen (secondary N) is 1. The van der Waals surface area contributed by atoms with E-state index in [2.05, 4.69) is 10.1 Å². The van der Waals surface area contributed by atoms with Crippen molar-refractivity contribution in [2.45, 2.75) is 12.3 Å². The van der Waals surface area contributed by atoms with Crippen LogP contribution in [0.3, 0.4) is 0 Å². The Morgan fingerprint density at radius 3 is 3.00 bits per heavy atom. The lowest BCUT2D eigenvalue weighted by atomic mass is 9.98. The van der Waals surface area contributed by atoms with Crippen LogP contribution in [-0.4, -0.2) is 26.7 Å². The molecule has 1 atom stereocenters. The number of anilines is 1. The van der Waals surface area contributed by atoms with E-state index in [1.807, 2.05) is 18.2 Å². The summed E-state index contributed by atoms with van der Waals surface area (Å²) in [6.07, 6.45) is 0.406. The van der Waals surface area contributed by atoms with Gasteiger partial charge in [-0.1, -0.05) is 12.1 Å². The molecule has 1 aromatic rings. The number of benzene rings is 1. The molecule has 0 aromatic heterocycles. The normalized spacial score (nSPS) is 17.5. The van der Waals surface area contributed by atoms with E-state index >= 15 is 0 Å². The van der Waals surface area contributed by atoms with E-state index in [9.17, 15) is 4.79 Å². The maximum Gasteiger partial charge on any atom is 0.306 e. The number of carbonyl (C=O) groups is 1. The zero-order valence-corrected chi connectivity index (χ0v) is 9.45. The molecule has 0 fully saturated rings. The summed E-state index contributed by atoms with van der Waals surface area (Å²) in [5, 5.41) is 3.27. The van der Waals surface area contributed by atoms with Crippen LogP contribution in [-0.2, 0) is 9.53 Å². The molecule has 4 heteroatoms. The molecule has 1 aliphatic heterocycles. The third kappa shape index (κ3) is 1.83. The Kier molecular flexibility index (Phi) is 2.99. The maximum atomic E-state index is 11.3. The fraction of sp³-hybridized carbons (Fsp3) is 0.417. The Balaban J connectivity index is 2.23. The largest absolute Gasteiger partial charge is 0.495 e. The predicted octanol–water partition coefficient (Wildman–Crippen LogP) is 1.77. The van der Waals surface area contributed by atoms with Gasteiger partial charge in [0.25, 0.3) is 0 Å². The minimum atomic E-state index is -0.178. The zero-order chi connectivity index (χ0) is 11.5. The fourth-order valence-corrected chi connectivity index (χ4v) is 2.05. The number of ether oxygens (including phenoxy) is 2. The highest BCUT2D eigenvalue weighted by Crippen LogP contribution is 2.39. The van der Waals surface area contributed by atoms with Gasteiger partial charge >= 0.3 is 5.97 Å². The first-order valence-corrected chi connectivity index (χ1v) is 5.24. The molecule has 0 amide bonds. The summed E-state index contributed by atoms with van der Waals surface area (Å²) in [7, 11) is 3.06. The van der Waals surface area contributed by atoms with Gasteiger partial charge in [0.1, 0.15) is 5.75 Å². The van der Waals surface area contributed by atoms with Crippen LogP contribution in [0.25, 0.3) is 0 Å². The van der Waals surface area contributed by atoms with E-state index in [1.165, 1.54) is 7.11 Å².